The Labute approximate surface area is 47.9 Å². The average Bonchev–Trinajstić information content (AvgIpc) is 1.83. The van der Waals surface area contributed by atoms with Gasteiger partial charge in [-0.3, -0.25) is 9.59 Å². The molecular weight excluding hydrogens is 104 g/mol. The fourth-order valence-corrected chi connectivity index (χ4v) is 0.198. The Balaban J connectivity index is 3.68. The summed E-state index contributed by atoms with van der Waals surface area (Å²) in [6.07, 6.45) is 0.786. The Hall–Kier alpha value is -1.10. The highest BCUT2D eigenvalue weighted by molar-refractivity contribution is 5.98. The number of Topliss-reactive ketones (excluding diaryl/α,β-unsaturated/α-hetero) is 1. The number of aldehydes is 1. The van der Waals surface area contributed by atoms with Gasteiger partial charge >= 0.3 is 0 Å². The van der Waals surface area contributed by atoms with Gasteiger partial charge in [0.2, 0.25) is 5.78 Å². The van der Waals surface area contributed by atoms with Crippen LogP contribution in [-0.2, 0) is 9.59 Å². The van der Waals surface area contributed by atoms with Crippen molar-refractivity contribution in [2.45, 2.75) is 13.3 Å². The standard InChI is InChI=1S/C6H6O2/c1-2-6(8)4-3-5-7/h5H,2H2,1H3. The SMILES string of the molecule is CCC(=O)C#CC=O. The molecule has 0 aliphatic heterocycles. The third-order valence-corrected chi connectivity index (χ3v) is 0.592. The van der Waals surface area contributed by atoms with Crippen molar-refractivity contribution in [1.82, 2.24) is 0 Å². The van der Waals surface area contributed by atoms with E-state index in [1.807, 2.05) is 5.92 Å². The zero-order valence-corrected chi connectivity index (χ0v) is 4.60. The molecule has 0 aromatic carbocycles. The molecule has 42 valence electrons. The zero-order chi connectivity index (χ0) is 6.41. The highest BCUT2D eigenvalue weighted by Crippen LogP contribution is 1.73. The summed E-state index contributed by atoms with van der Waals surface area (Å²) in [5, 5.41) is 0. The van der Waals surface area contributed by atoms with E-state index in [2.05, 4.69) is 5.92 Å². The lowest BCUT2D eigenvalue weighted by atomic mass is 10.3. The molecule has 0 aromatic rings. The maximum atomic E-state index is 10.2. The predicted octanol–water partition coefficient (Wildman–Crippen LogP) is 0.168. The van der Waals surface area contributed by atoms with Gasteiger partial charge in [-0.2, -0.15) is 0 Å². The van der Waals surface area contributed by atoms with Gasteiger partial charge in [0.15, 0.2) is 6.29 Å². The first-order valence-corrected chi connectivity index (χ1v) is 2.29. The summed E-state index contributed by atoms with van der Waals surface area (Å²) in [5.41, 5.74) is 0. The van der Waals surface area contributed by atoms with Crippen molar-refractivity contribution >= 4 is 12.1 Å². The predicted molar refractivity (Wildman–Crippen MR) is 29.1 cm³/mol. The maximum Gasteiger partial charge on any atom is 0.205 e. The van der Waals surface area contributed by atoms with Crippen LogP contribution in [0.4, 0.5) is 0 Å². The molecular formula is C6H6O2. The first-order valence-electron chi connectivity index (χ1n) is 2.29. The topological polar surface area (TPSA) is 34.1 Å². The first-order chi connectivity index (χ1) is 3.81. The minimum absolute atomic E-state index is 0.197. The molecule has 8 heavy (non-hydrogen) atoms. The molecule has 0 saturated carbocycles. The smallest absolute Gasteiger partial charge is 0.205 e. The van der Waals surface area contributed by atoms with E-state index in [-0.39, 0.29) is 5.78 Å². The molecule has 0 aromatic heterocycles. The number of carbonyl (C=O) groups is 2. The van der Waals surface area contributed by atoms with Crippen LogP contribution in [-0.4, -0.2) is 12.1 Å². The Bertz CT molecular complexity index is 148. The van der Waals surface area contributed by atoms with Crippen molar-refractivity contribution in [3.63, 3.8) is 0 Å². The highest BCUT2D eigenvalue weighted by Gasteiger charge is 1.85. The summed E-state index contributed by atoms with van der Waals surface area (Å²) < 4.78 is 0. The number of rotatable bonds is 1. The van der Waals surface area contributed by atoms with Crippen molar-refractivity contribution < 1.29 is 9.59 Å². The van der Waals surface area contributed by atoms with Crippen LogP contribution in [0.15, 0.2) is 0 Å². The van der Waals surface area contributed by atoms with Crippen molar-refractivity contribution in [3.8, 4) is 11.8 Å². The quantitative estimate of drug-likeness (QED) is 0.274. The van der Waals surface area contributed by atoms with Gasteiger partial charge < -0.3 is 0 Å². The molecule has 0 aliphatic rings. The molecule has 0 fully saturated rings. The van der Waals surface area contributed by atoms with Crippen molar-refractivity contribution in [2.75, 3.05) is 0 Å². The van der Waals surface area contributed by atoms with E-state index < -0.39 is 0 Å². The Morgan fingerprint density at radius 1 is 1.75 bits per heavy atom. The van der Waals surface area contributed by atoms with Crippen molar-refractivity contribution in [2.24, 2.45) is 0 Å². The van der Waals surface area contributed by atoms with Gasteiger partial charge in [0, 0.05) is 6.42 Å². The van der Waals surface area contributed by atoms with Crippen LogP contribution in [0.3, 0.4) is 0 Å². The minimum atomic E-state index is -0.197. The molecule has 2 heteroatoms. The van der Waals surface area contributed by atoms with Gasteiger partial charge in [0.25, 0.3) is 0 Å². The fourth-order valence-electron chi connectivity index (χ4n) is 0.198. The van der Waals surface area contributed by atoms with Crippen LogP contribution in [0.1, 0.15) is 13.3 Å². The number of hydrogen-bond acceptors (Lipinski definition) is 2. The molecule has 0 amide bonds. The van der Waals surface area contributed by atoms with Crippen molar-refractivity contribution in [3.05, 3.63) is 0 Å². The summed E-state index contributed by atoms with van der Waals surface area (Å²) in [6, 6.07) is 0. The second-order valence-electron chi connectivity index (χ2n) is 1.16. The van der Waals surface area contributed by atoms with E-state index in [4.69, 9.17) is 0 Å². The van der Waals surface area contributed by atoms with E-state index in [9.17, 15) is 9.59 Å². The third-order valence-electron chi connectivity index (χ3n) is 0.592. The summed E-state index contributed by atoms with van der Waals surface area (Å²) in [4.78, 5) is 19.7. The summed E-state index contributed by atoms with van der Waals surface area (Å²) in [7, 11) is 0. The molecule has 0 aliphatic carbocycles. The molecule has 0 saturated heterocycles. The molecule has 0 spiro atoms. The lowest BCUT2D eigenvalue weighted by Gasteiger charge is -1.73. The normalized spacial score (nSPS) is 6.62. The van der Waals surface area contributed by atoms with Gasteiger partial charge in [-0.1, -0.05) is 6.92 Å². The molecule has 0 N–H and O–H groups in total. The van der Waals surface area contributed by atoms with Crippen molar-refractivity contribution in [1.29, 1.82) is 0 Å². The number of ketones is 1. The Morgan fingerprint density at radius 3 is 2.75 bits per heavy atom. The monoisotopic (exact) mass is 110 g/mol. The number of carbonyl (C=O) groups excluding carboxylic acids is 2. The largest absolute Gasteiger partial charge is 0.289 e. The van der Waals surface area contributed by atoms with Gasteiger partial charge in [0.05, 0.1) is 0 Å². The number of hydrogen-bond donors (Lipinski definition) is 0. The second-order valence-corrected chi connectivity index (χ2v) is 1.16. The third kappa shape index (κ3) is 3.10. The van der Waals surface area contributed by atoms with Gasteiger partial charge in [0.1, 0.15) is 0 Å². The molecule has 2 nitrogen and oxygen atoms in total. The summed E-state index contributed by atoms with van der Waals surface area (Å²) in [5.74, 6) is 3.95. The van der Waals surface area contributed by atoms with Crippen LogP contribution in [0, 0.1) is 11.8 Å². The van der Waals surface area contributed by atoms with E-state index >= 15 is 0 Å². The fraction of sp³-hybridized carbons (Fsp3) is 0.333. The molecule has 0 unspecified atom stereocenters. The van der Waals surface area contributed by atoms with E-state index in [1.54, 1.807) is 6.92 Å². The van der Waals surface area contributed by atoms with E-state index in [0.29, 0.717) is 12.7 Å². The first kappa shape index (κ1) is 6.90. The van der Waals surface area contributed by atoms with Gasteiger partial charge in [-0.15, -0.1) is 0 Å². The average molecular weight is 110 g/mol. The maximum absolute atomic E-state index is 10.2. The van der Waals surface area contributed by atoms with Crippen LogP contribution in [0.2, 0.25) is 0 Å². The highest BCUT2D eigenvalue weighted by atomic mass is 16.1. The van der Waals surface area contributed by atoms with Crippen LogP contribution in [0.25, 0.3) is 0 Å². The molecule has 0 rings (SSSR count). The Kier molecular flexibility index (Phi) is 3.51. The summed E-state index contributed by atoms with van der Waals surface area (Å²) in [6.45, 7) is 1.70. The lowest BCUT2D eigenvalue weighted by molar-refractivity contribution is -0.113. The van der Waals surface area contributed by atoms with Gasteiger partial charge in [-0.05, 0) is 11.8 Å². The zero-order valence-electron chi connectivity index (χ0n) is 4.60. The lowest BCUT2D eigenvalue weighted by Crippen LogP contribution is -1.87. The molecule has 0 bridgehead atoms. The van der Waals surface area contributed by atoms with E-state index in [1.165, 1.54) is 0 Å². The minimum Gasteiger partial charge on any atom is -0.289 e. The van der Waals surface area contributed by atoms with Crippen LogP contribution in [0.5, 0.6) is 0 Å². The van der Waals surface area contributed by atoms with E-state index in [0.717, 1.165) is 0 Å². The van der Waals surface area contributed by atoms with Crippen LogP contribution >= 0.6 is 0 Å². The Morgan fingerprint density at radius 2 is 2.38 bits per heavy atom. The van der Waals surface area contributed by atoms with Gasteiger partial charge in [-0.25, -0.2) is 0 Å². The molecule has 0 radical (unpaired) electrons. The second kappa shape index (κ2) is 4.07. The molecule has 0 atom stereocenters. The van der Waals surface area contributed by atoms with Crippen LogP contribution < -0.4 is 0 Å². The summed E-state index contributed by atoms with van der Waals surface area (Å²) >= 11 is 0. The molecule has 0 heterocycles.